The van der Waals surface area contributed by atoms with Gasteiger partial charge in [0.05, 0.1) is 13.2 Å². The molecule has 1 saturated heterocycles. The van der Waals surface area contributed by atoms with Gasteiger partial charge in [-0.1, -0.05) is 18.6 Å². The van der Waals surface area contributed by atoms with Crippen LogP contribution in [0.3, 0.4) is 0 Å². The Morgan fingerprint density at radius 1 is 1.47 bits per heavy atom. The first-order valence-corrected chi connectivity index (χ1v) is 6.34. The molecular formula is C14H21NO2. The quantitative estimate of drug-likeness (QED) is 0.835. The van der Waals surface area contributed by atoms with E-state index >= 15 is 0 Å². The third-order valence-corrected chi connectivity index (χ3v) is 3.39. The fraction of sp³-hybridized carbons (Fsp3) is 0.571. The van der Waals surface area contributed by atoms with Crippen molar-refractivity contribution in [3.63, 3.8) is 0 Å². The molecule has 94 valence electrons. The summed E-state index contributed by atoms with van der Waals surface area (Å²) in [5, 5.41) is 13.6. The largest absolute Gasteiger partial charge is 0.497 e. The second-order valence-electron chi connectivity index (χ2n) is 4.68. The summed E-state index contributed by atoms with van der Waals surface area (Å²) in [6.45, 7) is 1.03. The molecule has 1 aliphatic heterocycles. The van der Waals surface area contributed by atoms with Crippen LogP contribution in [0.5, 0.6) is 5.75 Å². The number of aliphatic hydroxyl groups is 1. The van der Waals surface area contributed by atoms with E-state index in [1.165, 1.54) is 12.8 Å². The first kappa shape index (κ1) is 12.4. The minimum absolute atomic E-state index is 0.245. The van der Waals surface area contributed by atoms with Gasteiger partial charge in [0, 0.05) is 12.5 Å². The highest BCUT2D eigenvalue weighted by Gasteiger charge is 2.21. The minimum Gasteiger partial charge on any atom is -0.497 e. The monoisotopic (exact) mass is 235 g/mol. The van der Waals surface area contributed by atoms with Crippen LogP contribution in [-0.4, -0.2) is 30.9 Å². The molecule has 1 aromatic carbocycles. The Balaban J connectivity index is 1.94. The van der Waals surface area contributed by atoms with Gasteiger partial charge in [-0.05, 0) is 37.1 Å². The van der Waals surface area contributed by atoms with Crippen molar-refractivity contribution >= 4 is 0 Å². The molecule has 2 atom stereocenters. The van der Waals surface area contributed by atoms with Gasteiger partial charge in [0.25, 0.3) is 0 Å². The molecule has 0 bridgehead atoms. The summed E-state index contributed by atoms with van der Waals surface area (Å²) in [6, 6.07) is 8.17. The molecule has 0 aliphatic carbocycles. The number of hydrogen-bond acceptors (Lipinski definition) is 3. The summed E-state index contributed by atoms with van der Waals surface area (Å²) in [7, 11) is 1.66. The van der Waals surface area contributed by atoms with Crippen LogP contribution in [0.4, 0.5) is 0 Å². The lowest BCUT2D eigenvalue weighted by atomic mass is 9.95. The smallest absolute Gasteiger partial charge is 0.119 e. The van der Waals surface area contributed by atoms with Gasteiger partial charge in [-0.15, -0.1) is 0 Å². The Bertz CT molecular complexity index is 348. The van der Waals surface area contributed by atoms with E-state index in [-0.39, 0.29) is 12.1 Å². The fourth-order valence-corrected chi connectivity index (χ4v) is 2.39. The number of hydrogen-bond donors (Lipinski definition) is 2. The molecule has 0 saturated carbocycles. The maximum absolute atomic E-state index is 10.2. The lowest BCUT2D eigenvalue weighted by molar-refractivity contribution is 0.113. The van der Waals surface area contributed by atoms with E-state index in [0.29, 0.717) is 6.42 Å². The van der Waals surface area contributed by atoms with Gasteiger partial charge in [-0.2, -0.15) is 0 Å². The van der Waals surface area contributed by atoms with Crippen LogP contribution in [0.25, 0.3) is 0 Å². The first-order valence-electron chi connectivity index (χ1n) is 6.34. The van der Waals surface area contributed by atoms with Crippen molar-refractivity contribution in [1.29, 1.82) is 0 Å². The van der Waals surface area contributed by atoms with E-state index in [1.807, 2.05) is 24.3 Å². The SMILES string of the molecule is COc1cccc(CC(O)C2CCCCN2)c1. The maximum Gasteiger partial charge on any atom is 0.119 e. The molecule has 1 heterocycles. The zero-order valence-corrected chi connectivity index (χ0v) is 10.4. The molecule has 1 fully saturated rings. The normalized spacial score (nSPS) is 22.1. The van der Waals surface area contributed by atoms with Gasteiger partial charge in [0.2, 0.25) is 0 Å². The molecule has 1 aromatic rings. The van der Waals surface area contributed by atoms with E-state index in [2.05, 4.69) is 5.32 Å². The van der Waals surface area contributed by atoms with Crippen LogP contribution >= 0.6 is 0 Å². The molecule has 2 rings (SSSR count). The Morgan fingerprint density at radius 2 is 2.35 bits per heavy atom. The van der Waals surface area contributed by atoms with E-state index in [9.17, 15) is 5.11 Å². The molecule has 3 heteroatoms. The van der Waals surface area contributed by atoms with E-state index in [0.717, 1.165) is 24.3 Å². The van der Waals surface area contributed by atoms with Crippen molar-refractivity contribution in [3.05, 3.63) is 29.8 Å². The van der Waals surface area contributed by atoms with E-state index in [1.54, 1.807) is 7.11 Å². The van der Waals surface area contributed by atoms with Crippen molar-refractivity contribution < 1.29 is 9.84 Å². The maximum atomic E-state index is 10.2. The summed E-state index contributed by atoms with van der Waals surface area (Å²) < 4.78 is 5.18. The predicted molar refractivity (Wildman–Crippen MR) is 68.3 cm³/mol. The molecule has 0 amide bonds. The third-order valence-electron chi connectivity index (χ3n) is 3.39. The van der Waals surface area contributed by atoms with E-state index < -0.39 is 0 Å². The standard InChI is InChI=1S/C14H21NO2/c1-17-12-6-4-5-11(9-12)10-14(16)13-7-2-3-8-15-13/h4-6,9,13-16H,2-3,7-8,10H2,1H3. The van der Waals surface area contributed by atoms with Crippen molar-refractivity contribution in [1.82, 2.24) is 5.32 Å². The number of ether oxygens (including phenoxy) is 1. The zero-order valence-electron chi connectivity index (χ0n) is 10.4. The van der Waals surface area contributed by atoms with Crippen molar-refractivity contribution in [3.8, 4) is 5.75 Å². The summed E-state index contributed by atoms with van der Waals surface area (Å²) in [5.41, 5.74) is 1.13. The average molecular weight is 235 g/mol. The van der Waals surface area contributed by atoms with Gasteiger partial charge < -0.3 is 15.2 Å². The molecule has 0 spiro atoms. The van der Waals surface area contributed by atoms with Crippen molar-refractivity contribution in [2.45, 2.75) is 37.8 Å². The highest BCUT2D eigenvalue weighted by Crippen LogP contribution is 2.17. The molecule has 3 nitrogen and oxygen atoms in total. The second kappa shape index (κ2) is 6.03. The highest BCUT2D eigenvalue weighted by atomic mass is 16.5. The number of rotatable bonds is 4. The zero-order chi connectivity index (χ0) is 12.1. The lowest BCUT2D eigenvalue weighted by Gasteiger charge is -2.28. The summed E-state index contributed by atoms with van der Waals surface area (Å²) in [4.78, 5) is 0. The summed E-state index contributed by atoms with van der Waals surface area (Å²) in [6.07, 6.45) is 3.90. The molecule has 0 aromatic heterocycles. The van der Waals surface area contributed by atoms with Gasteiger partial charge in [0.1, 0.15) is 5.75 Å². The molecule has 1 aliphatic rings. The fourth-order valence-electron chi connectivity index (χ4n) is 2.39. The average Bonchev–Trinajstić information content (AvgIpc) is 2.40. The third kappa shape index (κ3) is 3.45. The van der Waals surface area contributed by atoms with Crippen LogP contribution in [-0.2, 0) is 6.42 Å². The number of methoxy groups -OCH3 is 1. The number of aliphatic hydroxyl groups excluding tert-OH is 1. The van der Waals surface area contributed by atoms with Crippen molar-refractivity contribution in [2.24, 2.45) is 0 Å². The number of benzene rings is 1. The van der Waals surface area contributed by atoms with Gasteiger partial charge in [-0.3, -0.25) is 0 Å². The number of piperidine rings is 1. The summed E-state index contributed by atoms with van der Waals surface area (Å²) in [5.74, 6) is 0.853. The van der Waals surface area contributed by atoms with Crippen LogP contribution in [0.15, 0.2) is 24.3 Å². The molecule has 17 heavy (non-hydrogen) atoms. The molecule has 2 unspecified atom stereocenters. The lowest BCUT2D eigenvalue weighted by Crippen LogP contribution is -2.44. The first-order chi connectivity index (χ1) is 8.29. The Labute approximate surface area is 103 Å². The molecular weight excluding hydrogens is 214 g/mol. The van der Waals surface area contributed by atoms with Gasteiger partial charge >= 0.3 is 0 Å². The van der Waals surface area contributed by atoms with Crippen LogP contribution in [0.1, 0.15) is 24.8 Å². The van der Waals surface area contributed by atoms with Gasteiger partial charge in [0.15, 0.2) is 0 Å². The predicted octanol–water partition coefficient (Wildman–Crippen LogP) is 1.74. The van der Waals surface area contributed by atoms with Crippen molar-refractivity contribution in [2.75, 3.05) is 13.7 Å². The second-order valence-corrected chi connectivity index (χ2v) is 4.68. The Hall–Kier alpha value is -1.06. The topological polar surface area (TPSA) is 41.5 Å². The highest BCUT2D eigenvalue weighted by molar-refractivity contribution is 5.28. The summed E-state index contributed by atoms with van der Waals surface area (Å²) >= 11 is 0. The Kier molecular flexibility index (Phi) is 4.40. The van der Waals surface area contributed by atoms with E-state index in [4.69, 9.17) is 4.74 Å². The van der Waals surface area contributed by atoms with Gasteiger partial charge in [-0.25, -0.2) is 0 Å². The molecule has 2 N–H and O–H groups in total. The molecule has 0 radical (unpaired) electrons. The Morgan fingerprint density at radius 3 is 3.06 bits per heavy atom. The van der Waals surface area contributed by atoms with Crippen LogP contribution in [0, 0.1) is 0 Å². The number of nitrogens with one attached hydrogen (secondary N) is 1. The van der Waals surface area contributed by atoms with Crippen LogP contribution < -0.4 is 10.1 Å². The van der Waals surface area contributed by atoms with Crippen LogP contribution in [0.2, 0.25) is 0 Å². The minimum atomic E-state index is -0.303.